The van der Waals surface area contributed by atoms with Crippen LogP contribution in [0.25, 0.3) is 0 Å². The zero-order chi connectivity index (χ0) is 14.8. The van der Waals surface area contributed by atoms with E-state index in [4.69, 9.17) is 6.42 Å². The zero-order valence-corrected chi connectivity index (χ0v) is 13.2. The minimum absolute atomic E-state index is 0.513. The van der Waals surface area contributed by atoms with Crippen LogP contribution in [-0.4, -0.2) is 75.2 Å². The molecule has 1 atom stereocenters. The molecule has 20 heavy (non-hydrogen) atoms. The summed E-state index contributed by atoms with van der Waals surface area (Å²) in [6.07, 6.45) is 5.26. The number of nitrogens with one attached hydrogen (secondary N) is 2. The highest BCUT2D eigenvalue weighted by atomic mass is 15.2. The molecule has 0 radical (unpaired) electrons. The van der Waals surface area contributed by atoms with E-state index in [9.17, 15) is 0 Å². The van der Waals surface area contributed by atoms with Crippen LogP contribution in [0.2, 0.25) is 0 Å². The molecule has 0 saturated carbocycles. The molecule has 1 unspecified atom stereocenters. The summed E-state index contributed by atoms with van der Waals surface area (Å²) in [5.41, 5.74) is 0. The highest BCUT2D eigenvalue weighted by molar-refractivity contribution is 5.79. The molecular weight excluding hydrogens is 250 g/mol. The average Bonchev–Trinajstić information content (AvgIpc) is 2.44. The average molecular weight is 279 g/mol. The van der Waals surface area contributed by atoms with Gasteiger partial charge in [0.05, 0.1) is 6.54 Å². The van der Waals surface area contributed by atoms with Crippen molar-refractivity contribution in [2.45, 2.75) is 13.8 Å². The van der Waals surface area contributed by atoms with Crippen LogP contribution in [0.1, 0.15) is 13.8 Å². The Bertz CT molecular complexity index is 326. The molecule has 1 aliphatic rings. The minimum atomic E-state index is 0.513. The van der Waals surface area contributed by atoms with Crippen molar-refractivity contribution in [3.05, 3.63) is 0 Å². The molecule has 0 aromatic carbocycles. The fourth-order valence-corrected chi connectivity index (χ4v) is 2.25. The van der Waals surface area contributed by atoms with Crippen molar-refractivity contribution in [2.75, 3.05) is 59.4 Å². The van der Waals surface area contributed by atoms with Crippen molar-refractivity contribution in [3.8, 4) is 12.3 Å². The van der Waals surface area contributed by atoms with Crippen LogP contribution in [0.15, 0.2) is 4.99 Å². The number of guanidine groups is 1. The van der Waals surface area contributed by atoms with E-state index in [0.717, 1.165) is 25.6 Å². The van der Waals surface area contributed by atoms with Gasteiger partial charge in [-0.05, 0) is 19.9 Å². The van der Waals surface area contributed by atoms with Gasteiger partial charge in [0.2, 0.25) is 0 Å². The SMILES string of the molecule is C#CCNC(=NCC(C)CN1CCN(C)CC1)NCC. The lowest BCUT2D eigenvalue weighted by atomic mass is 10.1. The van der Waals surface area contributed by atoms with Crippen LogP contribution < -0.4 is 10.6 Å². The fraction of sp³-hybridized carbons (Fsp3) is 0.800. The Balaban J connectivity index is 2.32. The smallest absolute Gasteiger partial charge is 0.192 e. The molecule has 0 aromatic heterocycles. The molecule has 0 aromatic rings. The van der Waals surface area contributed by atoms with Gasteiger partial charge >= 0.3 is 0 Å². The number of rotatable bonds is 6. The Hall–Kier alpha value is -1.25. The summed E-state index contributed by atoms with van der Waals surface area (Å²) < 4.78 is 0. The van der Waals surface area contributed by atoms with Gasteiger partial charge in [-0.25, -0.2) is 0 Å². The molecule has 114 valence electrons. The second-order valence-corrected chi connectivity index (χ2v) is 5.49. The first-order valence-corrected chi connectivity index (χ1v) is 7.52. The van der Waals surface area contributed by atoms with Crippen LogP contribution in [0, 0.1) is 18.3 Å². The van der Waals surface area contributed by atoms with E-state index in [1.54, 1.807) is 0 Å². The first kappa shape index (κ1) is 16.8. The van der Waals surface area contributed by atoms with Gasteiger partial charge < -0.3 is 20.4 Å². The van der Waals surface area contributed by atoms with Crippen molar-refractivity contribution in [3.63, 3.8) is 0 Å². The maximum atomic E-state index is 5.26. The first-order valence-electron chi connectivity index (χ1n) is 7.52. The van der Waals surface area contributed by atoms with E-state index in [1.165, 1.54) is 26.2 Å². The van der Waals surface area contributed by atoms with Crippen molar-refractivity contribution >= 4 is 5.96 Å². The van der Waals surface area contributed by atoms with E-state index in [0.29, 0.717) is 12.5 Å². The third-order valence-electron chi connectivity index (χ3n) is 3.43. The Labute approximate surface area is 123 Å². The first-order chi connectivity index (χ1) is 9.65. The molecule has 0 amide bonds. The predicted octanol–water partition coefficient (Wildman–Crippen LogP) is 0.0582. The Morgan fingerprint density at radius 1 is 1.30 bits per heavy atom. The monoisotopic (exact) mass is 279 g/mol. The van der Waals surface area contributed by atoms with E-state index in [2.05, 4.69) is 52.2 Å². The van der Waals surface area contributed by atoms with Gasteiger partial charge in [0.1, 0.15) is 0 Å². The lowest BCUT2D eigenvalue weighted by Gasteiger charge is -2.33. The summed E-state index contributed by atoms with van der Waals surface area (Å²) in [6.45, 7) is 12.3. The predicted molar refractivity (Wildman–Crippen MR) is 85.9 cm³/mol. The quantitative estimate of drug-likeness (QED) is 0.410. The van der Waals surface area contributed by atoms with Crippen molar-refractivity contribution in [1.29, 1.82) is 0 Å². The summed E-state index contributed by atoms with van der Waals surface area (Å²) in [6, 6.07) is 0. The summed E-state index contributed by atoms with van der Waals surface area (Å²) in [5, 5.41) is 6.32. The standard InChI is InChI=1S/C15H29N5/c1-5-7-17-15(16-6-2)18-12-14(3)13-20-10-8-19(4)9-11-20/h1,14H,6-13H2,2-4H3,(H2,16,17,18). The molecule has 5 nitrogen and oxygen atoms in total. The summed E-state index contributed by atoms with van der Waals surface area (Å²) in [7, 11) is 2.19. The number of likely N-dealkylation sites (N-methyl/N-ethyl adjacent to an activating group) is 1. The fourth-order valence-electron chi connectivity index (χ4n) is 2.25. The topological polar surface area (TPSA) is 42.9 Å². The molecule has 0 aliphatic carbocycles. The number of terminal acetylenes is 1. The number of piperazine rings is 1. The molecule has 1 saturated heterocycles. The third kappa shape index (κ3) is 6.78. The van der Waals surface area contributed by atoms with E-state index >= 15 is 0 Å². The van der Waals surface area contributed by atoms with Gasteiger partial charge in [-0.15, -0.1) is 6.42 Å². The summed E-state index contributed by atoms with van der Waals surface area (Å²) in [5.74, 6) is 3.94. The van der Waals surface area contributed by atoms with Crippen molar-refractivity contribution in [1.82, 2.24) is 20.4 Å². The lowest BCUT2D eigenvalue weighted by Crippen LogP contribution is -2.46. The van der Waals surface area contributed by atoms with E-state index in [-0.39, 0.29) is 0 Å². The number of aliphatic imine (C=N–C) groups is 1. The summed E-state index contributed by atoms with van der Waals surface area (Å²) in [4.78, 5) is 9.50. The van der Waals surface area contributed by atoms with Crippen LogP contribution in [0.4, 0.5) is 0 Å². The van der Waals surface area contributed by atoms with E-state index < -0.39 is 0 Å². The second-order valence-electron chi connectivity index (χ2n) is 5.49. The van der Waals surface area contributed by atoms with Gasteiger partial charge in [-0.3, -0.25) is 4.99 Å². The largest absolute Gasteiger partial charge is 0.357 e. The number of hydrogen-bond acceptors (Lipinski definition) is 3. The van der Waals surface area contributed by atoms with Gasteiger partial charge in [-0.1, -0.05) is 12.8 Å². The van der Waals surface area contributed by atoms with Gasteiger partial charge in [0, 0.05) is 45.8 Å². The van der Waals surface area contributed by atoms with Gasteiger partial charge in [0.15, 0.2) is 5.96 Å². The van der Waals surface area contributed by atoms with Crippen LogP contribution in [-0.2, 0) is 0 Å². The zero-order valence-electron chi connectivity index (χ0n) is 13.2. The minimum Gasteiger partial charge on any atom is -0.357 e. The summed E-state index contributed by atoms with van der Waals surface area (Å²) >= 11 is 0. The maximum Gasteiger partial charge on any atom is 0.192 e. The molecule has 1 heterocycles. The third-order valence-corrected chi connectivity index (χ3v) is 3.43. The van der Waals surface area contributed by atoms with Gasteiger partial charge in [0.25, 0.3) is 0 Å². The molecule has 0 spiro atoms. The highest BCUT2D eigenvalue weighted by Gasteiger charge is 2.15. The van der Waals surface area contributed by atoms with Gasteiger partial charge in [-0.2, -0.15) is 0 Å². The molecule has 5 heteroatoms. The van der Waals surface area contributed by atoms with Crippen LogP contribution >= 0.6 is 0 Å². The van der Waals surface area contributed by atoms with E-state index in [1.807, 2.05) is 0 Å². The van der Waals surface area contributed by atoms with Crippen molar-refractivity contribution in [2.24, 2.45) is 10.9 Å². The molecule has 1 aliphatic heterocycles. The Morgan fingerprint density at radius 2 is 2.00 bits per heavy atom. The molecular formula is C15H29N5. The molecule has 0 bridgehead atoms. The Kier molecular flexibility index (Phi) is 8.08. The number of nitrogens with zero attached hydrogens (tertiary/aromatic N) is 3. The molecule has 2 N–H and O–H groups in total. The second kappa shape index (κ2) is 9.62. The molecule has 1 fully saturated rings. The van der Waals surface area contributed by atoms with Crippen molar-refractivity contribution < 1.29 is 0 Å². The maximum absolute atomic E-state index is 5.26. The number of hydrogen-bond donors (Lipinski definition) is 2. The molecule has 1 rings (SSSR count). The highest BCUT2D eigenvalue weighted by Crippen LogP contribution is 2.04. The normalized spacial score (nSPS) is 19.4. The van der Waals surface area contributed by atoms with Crippen LogP contribution in [0.3, 0.4) is 0 Å². The lowest BCUT2D eigenvalue weighted by molar-refractivity contribution is 0.140. The van der Waals surface area contributed by atoms with Crippen LogP contribution in [0.5, 0.6) is 0 Å². The Morgan fingerprint density at radius 3 is 2.60 bits per heavy atom.